The van der Waals surface area contributed by atoms with E-state index < -0.39 is 6.10 Å². The van der Waals surface area contributed by atoms with Crippen molar-refractivity contribution in [3.8, 4) is 11.1 Å². The standard InChI is InChI=1S/C33H46N2O4/c1-3-4-5-6-7-11-32(36)34(2)24-28-9-8-10-30(22-28)29-16-14-26(15-17-29)23-31(39-25-27-12-13-27)33(37)35-18-20-38-21-19-35/h8-10,14-17,22,27,31H,3-7,11-13,18-21,23-25H2,1-2H3. The van der Waals surface area contributed by atoms with E-state index in [0.29, 0.717) is 58.2 Å². The molecule has 0 bridgehead atoms. The quantitative estimate of drug-likeness (QED) is 0.268. The Bertz CT molecular complexity index is 1040. The fourth-order valence-corrected chi connectivity index (χ4v) is 5.07. The molecule has 212 valence electrons. The Morgan fingerprint density at radius 2 is 1.72 bits per heavy atom. The molecule has 0 aromatic heterocycles. The van der Waals surface area contributed by atoms with Crippen LogP contribution in [-0.2, 0) is 32.0 Å². The highest BCUT2D eigenvalue weighted by Gasteiger charge is 2.30. The number of nitrogens with zero attached hydrogens (tertiary/aromatic N) is 2. The Labute approximate surface area is 234 Å². The number of rotatable bonds is 15. The summed E-state index contributed by atoms with van der Waals surface area (Å²) in [6.07, 6.45) is 8.95. The highest BCUT2D eigenvalue weighted by Crippen LogP contribution is 2.30. The summed E-state index contributed by atoms with van der Waals surface area (Å²) in [6.45, 7) is 5.95. The topological polar surface area (TPSA) is 59.1 Å². The molecule has 0 radical (unpaired) electrons. The smallest absolute Gasteiger partial charge is 0.252 e. The van der Waals surface area contributed by atoms with Crippen molar-refractivity contribution in [2.45, 2.75) is 77.4 Å². The highest BCUT2D eigenvalue weighted by molar-refractivity contribution is 5.81. The fourth-order valence-electron chi connectivity index (χ4n) is 5.07. The summed E-state index contributed by atoms with van der Waals surface area (Å²) in [5, 5.41) is 0. The molecule has 1 saturated heterocycles. The number of hydrogen-bond acceptors (Lipinski definition) is 4. The number of ether oxygens (including phenoxy) is 2. The van der Waals surface area contributed by atoms with Crippen LogP contribution in [0.15, 0.2) is 48.5 Å². The van der Waals surface area contributed by atoms with E-state index in [4.69, 9.17) is 9.47 Å². The number of carbonyl (C=O) groups excluding carboxylic acids is 2. The van der Waals surface area contributed by atoms with Crippen LogP contribution in [0.1, 0.15) is 69.4 Å². The summed E-state index contributed by atoms with van der Waals surface area (Å²) in [5.41, 5.74) is 4.48. The van der Waals surface area contributed by atoms with Crippen LogP contribution in [0.5, 0.6) is 0 Å². The van der Waals surface area contributed by atoms with E-state index in [2.05, 4.69) is 55.5 Å². The van der Waals surface area contributed by atoms with E-state index in [1.807, 2.05) is 16.8 Å². The molecule has 6 nitrogen and oxygen atoms in total. The summed E-state index contributed by atoms with van der Waals surface area (Å²) in [6, 6.07) is 16.9. The van der Waals surface area contributed by atoms with Crippen molar-refractivity contribution in [3.63, 3.8) is 0 Å². The van der Waals surface area contributed by atoms with Crippen LogP contribution >= 0.6 is 0 Å². The van der Waals surface area contributed by atoms with Crippen LogP contribution in [0.4, 0.5) is 0 Å². The number of amides is 2. The van der Waals surface area contributed by atoms with Crippen LogP contribution in [0.2, 0.25) is 0 Å². The zero-order valence-corrected chi connectivity index (χ0v) is 23.9. The summed E-state index contributed by atoms with van der Waals surface area (Å²) in [7, 11) is 1.90. The van der Waals surface area contributed by atoms with Gasteiger partial charge in [-0.2, -0.15) is 0 Å². The Hall–Kier alpha value is -2.70. The second kappa shape index (κ2) is 15.2. The maximum absolute atomic E-state index is 13.2. The van der Waals surface area contributed by atoms with Crippen LogP contribution in [-0.4, -0.2) is 67.7 Å². The largest absolute Gasteiger partial charge is 0.378 e. The van der Waals surface area contributed by atoms with Gasteiger partial charge in [0.2, 0.25) is 5.91 Å². The number of morpholine rings is 1. The van der Waals surface area contributed by atoms with Gasteiger partial charge in [0.15, 0.2) is 0 Å². The monoisotopic (exact) mass is 534 g/mol. The van der Waals surface area contributed by atoms with Gasteiger partial charge in [0, 0.05) is 39.5 Å². The molecule has 0 N–H and O–H groups in total. The van der Waals surface area contributed by atoms with Gasteiger partial charge in [-0.15, -0.1) is 0 Å². The van der Waals surface area contributed by atoms with E-state index in [1.54, 1.807) is 0 Å². The minimum Gasteiger partial charge on any atom is -0.378 e. The molecule has 1 aliphatic carbocycles. The Balaban J connectivity index is 1.33. The van der Waals surface area contributed by atoms with Crippen molar-refractivity contribution in [1.82, 2.24) is 9.80 Å². The van der Waals surface area contributed by atoms with Crippen molar-refractivity contribution < 1.29 is 19.1 Å². The predicted octanol–water partition coefficient (Wildman–Crippen LogP) is 5.87. The zero-order chi connectivity index (χ0) is 27.5. The lowest BCUT2D eigenvalue weighted by Gasteiger charge is -2.30. The minimum absolute atomic E-state index is 0.0790. The summed E-state index contributed by atoms with van der Waals surface area (Å²) < 4.78 is 11.6. The van der Waals surface area contributed by atoms with Crippen molar-refractivity contribution in [2.24, 2.45) is 5.92 Å². The van der Waals surface area contributed by atoms with Crippen molar-refractivity contribution in [3.05, 3.63) is 59.7 Å². The molecule has 2 aliphatic rings. The minimum atomic E-state index is -0.447. The summed E-state index contributed by atoms with van der Waals surface area (Å²) in [5.74, 6) is 0.904. The molecule has 2 aromatic rings. The fraction of sp³-hybridized carbons (Fsp3) is 0.576. The van der Waals surface area contributed by atoms with Crippen LogP contribution in [0, 0.1) is 5.92 Å². The normalized spacial score (nSPS) is 16.2. The Morgan fingerprint density at radius 1 is 0.974 bits per heavy atom. The van der Waals surface area contributed by atoms with Crippen molar-refractivity contribution in [2.75, 3.05) is 40.0 Å². The van der Waals surface area contributed by atoms with E-state index in [-0.39, 0.29) is 11.8 Å². The molecule has 1 unspecified atom stereocenters. The Morgan fingerprint density at radius 3 is 2.44 bits per heavy atom. The maximum Gasteiger partial charge on any atom is 0.252 e. The summed E-state index contributed by atoms with van der Waals surface area (Å²) in [4.78, 5) is 29.5. The first-order valence-electron chi connectivity index (χ1n) is 14.9. The van der Waals surface area contributed by atoms with E-state index in [9.17, 15) is 9.59 Å². The molecule has 6 heteroatoms. The third-order valence-electron chi connectivity index (χ3n) is 7.80. The van der Waals surface area contributed by atoms with Gasteiger partial charge in [-0.05, 0) is 53.5 Å². The van der Waals surface area contributed by atoms with Gasteiger partial charge in [0.05, 0.1) is 19.8 Å². The predicted molar refractivity (Wildman–Crippen MR) is 155 cm³/mol. The SMILES string of the molecule is CCCCCCCC(=O)N(C)Cc1cccc(-c2ccc(CC(OCC3CC3)C(=O)N3CCOCC3)cc2)c1. The first kappa shape index (κ1) is 29.3. The van der Waals surface area contributed by atoms with Crippen molar-refractivity contribution >= 4 is 11.8 Å². The molecular weight excluding hydrogens is 488 g/mol. The van der Waals surface area contributed by atoms with Gasteiger partial charge < -0.3 is 19.3 Å². The van der Waals surface area contributed by atoms with Gasteiger partial charge in [-0.25, -0.2) is 0 Å². The summed E-state index contributed by atoms with van der Waals surface area (Å²) >= 11 is 0. The average molecular weight is 535 g/mol. The number of carbonyl (C=O) groups is 2. The molecule has 2 fully saturated rings. The molecule has 2 aromatic carbocycles. The molecule has 1 aliphatic heterocycles. The van der Waals surface area contributed by atoms with Crippen molar-refractivity contribution in [1.29, 1.82) is 0 Å². The lowest BCUT2D eigenvalue weighted by atomic mass is 9.99. The zero-order valence-electron chi connectivity index (χ0n) is 23.9. The second-order valence-electron chi connectivity index (χ2n) is 11.2. The van der Waals surface area contributed by atoms with E-state index in [1.165, 1.54) is 32.1 Å². The number of benzene rings is 2. The van der Waals surface area contributed by atoms with Crippen LogP contribution < -0.4 is 0 Å². The van der Waals surface area contributed by atoms with E-state index in [0.717, 1.165) is 35.1 Å². The molecular formula is C33H46N2O4. The third-order valence-corrected chi connectivity index (χ3v) is 7.80. The molecule has 1 atom stereocenters. The molecule has 2 amide bonds. The third kappa shape index (κ3) is 9.47. The molecule has 39 heavy (non-hydrogen) atoms. The molecule has 4 rings (SSSR count). The maximum atomic E-state index is 13.2. The van der Waals surface area contributed by atoms with Gasteiger partial charge in [0.1, 0.15) is 6.10 Å². The highest BCUT2D eigenvalue weighted by atomic mass is 16.5. The van der Waals surface area contributed by atoms with Gasteiger partial charge in [0.25, 0.3) is 5.91 Å². The lowest BCUT2D eigenvalue weighted by molar-refractivity contribution is -0.148. The first-order valence-corrected chi connectivity index (χ1v) is 14.9. The number of hydrogen-bond donors (Lipinski definition) is 0. The molecule has 1 heterocycles. The first-order chi connectivity index (χ1) is 19.0. The van der Waals surface area contributed by atoms with Crippen LogP contribution in [0.25, 0.3) is 11.1 Å². The van der Waals surface area contributed by atoms with E-state index >= 15 is 0 Å². The van der Waals surface area contributed by atoms with Crippen LogP contribution in [0.3, 0.4) is 0 Å². The molecule has 1 saturated carbocycles. The van der Waals surface area contributed by atoms with Gasteiger partial charge >= 0.3 is 0 Å². The second-order valence-corrected chi connectivity index (χ2v) is 11.2. The van der Waals surface area contributed by atoms with Gasteiger partial charge in [-0.3, -0.25) is 9.59 Å². The Kier molecular flexibility index (Phi) is 11.4. The van der Waals surface area contributed by atoms with Gasteiger partial charge in [-0.1, -0.05) is 75.1 Å². The lowest BCUT2D eigenvalue weighted by Crippen LogP contribution is -2.47. The molecule has 0 spiro atoms. The number of unbranched alkanes of at least 4 members (excludes halogenated alkanes) is 4. The average Bonchev–Trinajstić information content (AvgIpc) is 3.80.